The lowest BCUT2D eigenvalue weighted by Crippen LogP contribution is -2.07. The maximum Gasteiger partial charge on any atom is 0.323 e. The molecule has 0 saturated carbocycles. The zero-order valence-electron chi connectivity index (χ0n) is 12.0. The lowest BCUT2D eigenvalue weighted by molar-refractivity contribution is 0.292. The van der Waals surface area contributed by atoms with E-state index in [4.69, 9.17) is 10.5 Å². The molecule has 0 bridgehead atoms. The molecule has 3 N–H and O–H groups in total. The lowest BCUT2D eigenvalue weighted by atomic mass is 10.1. The minimum atomic E-state index is 0.137. The van der Waals surface area contributed by atoms with E-state index in [0.717, 1.165) is 23.2 Å². The van der Waals surface area contributed by atoms with Crippen LogP contribution in [-0.2, 0) is 0 Å². The zero-order valence-corrected chi connectivity index (χ0v) is 12.0. The van der Waals surface area contributed by atoms with Gasteiger partial charge in [-0.3, -0.25) is 0 Å². The third kappa shape index (κ3) is 3.81. The molecule has 106 valence electrons. The third-order valence-corrected chi connectivity index (χ3v) is 2.55. The molecule has 0 radical (unpaired) electrons. The fourth-order valence-electron chi connectivity index (χ4n) is 1.86. The van der Waals surface area contributed by atoms with Crippen molar-refractivity contribution in [2.45, 2.75) is 27.2 Å². The lowest BCUT2D eigenvalue weighted by Gasteiger charge is -2.09. The average molecular weight is 273 g/mol. The van der Waals surface area contributed by atoms with E-state index in [1.54, 1.807) is 0 Å². The number of benzene rings is 1. The first-order valence-corrected chi connectivity index (χ1v) is 6.56. The van der Waals surface area contributed by atoms with Crippen LogP contribution in [-0.4, -0.2) is 21.6 Å². The van der Waals surface area contributed by atoms with E-state index in [2.05, 4.69) is 26.3 Å². The molecule has 1 aromatic heterocycles. The molecule has 2 aromatic rings. The number of nitrogens with zero attached hydrogens (tertiary/aromatic N) is 3. The van der Waals surface area contributed by atoms with E-state index in [-0.39, 0.29) is 12.0 Å². The van der Waals surface area contributed by atoms with Crippen LogP contribution >= 0.6 is 0 Å². The molecule has 0 saturated heterocycles. The zero-order chi connectivity index (χ0) is 14.5. The Balaban J connectivity index is 2.21. The van der Waals surface area contributed by atoms with E-state index in [9.17, 15) is 0 Å². The minimum absolute atomic E-state index is 0.137. The molecule has 6 nitrogen and oxygen atoms in total. The fourth-order valence-corrected chi connectivity index (χ4v) is 1.86. The van der Waals surface area contributed by atoms with Crippen molar-refractivity contribution >= 4 is 17.6 Å². The van der Waals surface area contributed by atoms with Crippen molar-refractivity contribution in [2.75, 3.05) is 17.7 Å². The molecule has 20 heavy (non-hydrogen) atoms. The molecule has 0 atom stereocenters. The normalized spacial score (nSPS) is 10.3. The fraction of sp³-hybridized carbons (Fsp3) is 0.357. The third-order valence-electron chi connectivity index (χ3n) is 2.55. The summed E-state index contributed by atoms with van der Waals surface area (Å²) in [6, 6.07) is 6.37. The van der Waals surface area contributed by atoms with Gasteiger partial charge >= 0.3 is 6.01 Å². The van der Waals surface area contributed by atoms with E-state index in [1.165, 1.54) is 0 Å². The molecule has 0 aliphatic heterocycles. The molecular weight excluding hydrogens is 254 g/mol. The second-order valence-electron chi connectivity index (χ2n) is 4.65. The molecule has 1 heterocycles. The molecular formula is C14H19N5O. The summed E-state index contributed by atoms with van der Waals surface area (Å²) in [7, 11) is 0. The molecule has 6 heteroatoms. The number of nitrogens with two attached hydrogens (primary N) is 1. The smallest absolute Gasteiger partial charge is 0.323 e. The predicted octanol–water partition coefficient (Wildman–Crippen LogP) is 2.60. The van der Waals surface area contributed by atoms with Crippen molar-refractivity contribution in [2.24, 2.45) is 0 Å². The van der Waals surface area contributed by atoms with Crippen LogP contribution in [0.15, 0.2) is 18.2 Å². The number of aryl methyl sites for hydroxylation is 2. The summed E-state index contributed by atoms with van der Waals surface area (Å²) in [5.74, 6) is 0.520. The van der Waals surface area contributed by atoms with Crippen LogP contribution in [0.2, 0.25) is 0 Å². The van der Waals surface area contributed by atoms with Gasteiger partial charge < -0.3 is 15.8 Å². The summed E-state index contributed by atoms with van der Waals surface area (Å²) in [5, 5.41) is 3.12. The first-order chi connectivity index (χ1) is 9.56. The van der Waals surface area contributed by atoms with Crippen molar-refractivity contribution in [3.8, 4) is 6.01 Å². The summed E-state index contributed by atoms with van der Waals surface area (Å²) in [6.07, 6.45) is 0.880. The minimum Gasteiger partial charge on any atom is -0.463 e. The van der Waals surface area contributed by atoms with E-state index in [0.29, 0.717) is 12.6 Å². The summed E-state index contributed by atoms with van der Waals surface area (Å²) < 4.78 is 5.38. The topological polar surface area (TPSA) is 86.0 Å². The van der Waals surface area contributed by atoms with Crippen molar-refractivity contribution < 1.29 is 4.74 Å². The molecule has 0 aliphatic carbocycles. The Kier molecular flexibility index (Phi) is 4.34. The first-order valence-electron chi connectivity index (χ1n) is 6.56. The van der Waals surface area contributed by atoms with E-state index in [1.807, 2.05) is 32.9 Å². The highest BCUT2D eigenvalue weighted by molar-refractivity contribution is 5.56. The summed E-state index contributed by atoms with van der Waals surface area (Å²) in [5.41, 5.74) is 8.90. The molecule has 0 amide bonds. The van der Waals surface area contributed by atoms with Gasteiger partial charge in [0.05, 0.1) is 6.61 Å². The largest absolute Gasteiger partial charge is 0.463 e. The van der Waals surface area contributed by atoms with Gasteiger partial charge in [0.15, 0.2) is 0 Å². The number of hydrogen-bond acceptors (Lipinski definition) is 6. The van der Waals surface area contributed by atoms with Gasteiger partial charge in [-0.1, -0.05) is 13.0 Å². The Morgan fingerprint density at radius 1 is 1.10 bits per heavy atom. The van der Waals surface area contributed by atoms with Gasteiger partial charge in [-0.2, -0.15) is 15.0 Å². The number of nitrogens with one attached hydrogen (secondary N) is 1. The monoisotopic (exact) mass is 273 g/mol. The summed E-state index contributed by atoms with van der Waals surface area (Å²) >= 11 is 0. The average Bonchev–Trinajstić information content (AvgIpc) is 2.34. The SMILES string of the molecule is CCCOc1nc(N)nc(Nc2cc(C)cc(C)c2)n1. The number of hydrogen-bond donors (Lipinski definition) is 2. The first kappa shape index (κ1) is 14.0. The van der Waals surface area contributed by atoms with Gasteiger partial charge in [-0.15, -0.1) is 0 Å². The van der Waals surface area contributed by atoms with Crippen molar-refractivity contribution in [1.29, 1.82) is 0 Å². The maximum absolute atomic E-state index is 5.66. The molecule has 0 fully saturated rings. The molecule has 2 rings (SSSR count). The van der Waals surface area contributed by atoms with Crippen molar-refractivity contribution in [3.63, 3.8) is 0 Å². The number of nitrogen functional groups attached to an aromatic ring is 1. The standard InChI is InChI=1S/C14H19N5O/c1-4-5-20-14-18-12(15)17-13(19-14)16-11-7-9(2)6-10(3)8-11/h6-8H,4-5H2,1-3H3,(H3,15,16,17,18,19). The number of rotatable bonds is 5. The van der Waals surface area contributed by atoms with Crippen molar-refractivity contribution in [3.05, 3.63) is 29.3 Å². The van der Waals surface area contributed by atoms with E-state index < -0.39 is 0 Å². The maximum atomic E-state index is 5.66. The molecule has 1 aromatic carbocycles. The van der Waals surface area contributed by atoms with Gasteiger partial charge in [0.25, 0.3) is 0 Å². The van der Waals surface area contributed by atoms with Crippen LogP contribution in [0.5, 0.6) is 6.01 Å². The number of aromatic nitrogens is 3. The Hall–Kier alpha value is -2.37. The van der Waals surface area contributed by atoms with Crippen molar-refractivity contribution in [1.82, 2.24) is 15.0 Å². The quantitative estimate of drug-likeness (QED) is 0.870. The summed E-state index contributed by atoms with van der Waals surface area (Å²) in [4.78, 5) is 12.2. The van der Waals surface area contributed by atoms with Crippen LogP contribution in [0, 0.1) is 13.8 Å². The van der Waals surface area contributed by atoms with Crippen LogP contribution in [0.1, 0.15) is 24.5 Å². The molecule has 0 spiro atoms. The Morgan fingerprint density at radius 2 is 1.80 bits per heavy atom. The Bertz CT molecular complexity index is 580. The van der Waals surface area contributed by atoms with Crippen LogP contribution in [0.3, 0.4) is 0 Å². The van der Waals surface area contributed by atoms with Gasteiger partial charge in [-0.05, 0) is 43.5 Å². The second kappa shape index (κ2) is 6.18. The highest BCUT2D eigenvalue weighted by Gasteiger charge is 2.06. The summed E-state index contributed by atoms with van der Waals surface area (Å²) in [6.45, 7) is 6.64. The predicted molar refractivity (Wildman–Crippen MR) is 79.2 cm³/mol. The highest BCUT2D eigenvalue weighted by atomic mass is 16.5. The number of ether oxygens (including phenoxy) is 1. The van der Waals surface area contributed by atoms with Gasteiger partial charge in [-0.25, -0.2) is 0 Å². The van der Waals surface area contributed by atoms with E-state index >= 15 is 0 Å². The Morgan fingerprint density at radius 3 is 2.45 bits per heavy atom. The number of anilines is 3. The van der Waals surface area contributed by atoms with Crippen LogP contribution < -0.4 is 15.8 Å². The van der Waals surface area contributed by atoms with Crippen LogP contribution in [0.25, 0.3) is 0 Å². The van der Waals surface area contributed by atoms with Gasteiger partial charge in [0.1, 0.15) is 0 Å². The molecule has 0 unspecified atom stereocenters. The Labute approximate surface area is 118 Å². The highest BCUT2D eigenvalue weighted by Crippen LogP contribution is 2.18. The second-order valence-corrected chi connectivity index (χ2v) is 4.65. The van der Waals surface area contributed by atoms with Gasteiger partial charge in [0.2, 0.25) is 11.9 Å². The van der Waals surface area contributed by atoms with Crippen LogP contribution in [0.4, 0.5) is 17.6 Å². The van der Waals surface area contributed by atoms with Gasteiger partial charge in [0, 0.05) is 5.69 Å². The molecule has 0 aliphatic rings.